The highest BCUT2D eigenvalue weighted by Gasteiger charge is 2.40. The lowest BCUT2D eigenvalue weighted by atomic mass is 10.2. The Labute approximate surface area is 117 Å². The second-order valence-electron chi connectivity index (χ2n) is 5.71. The van der Waals surface area contributed by atoms with Gasteiger partial charge in [-0.3, -0.25) is 10.1 Å². The Kier molecular flexibility index (Phi) is 4.22. The number of hydrogen-bond donors (Lipinski definition) is 0. The van der Waals surface area contributed by atoms with E-state index in [1.54, 1.807) is 12.1 Å². The maximum Gasteiger partial charge on any atom is 0.310 e. The molecule has 1 rings (SSSR count). The zero-order chi connectivity index (χ0) is 14.1. The Bertz CT molecular complexity index is 469. The van der Waals surface area contributed by atoms with Crippen molar-refractivity contribution in [3.8, 4) is 5.75 Å². The standard InChI is InChI=1S/C12H18BrNO3Si/c1-12(2,3)18(4,5)17-11-9(13)7-6-8-10(11)14(15)16/h6-8H,1-5H3. The molecule has 0 atom stereocenters. The fourth-order valence-corrected chi connectivity index (χ4v) is 2.77. The minimum absolute atomic E-state index is 0.00382. The van der Waals surface area contributed by atoms with Crippen molar-refractivity contribution in [3.63, 3.8) is 0 Å². The predicted octanol–water partition coefficient (Wildman–Crippen LogP) is 4.74. The minimum Gasteiger partial charge on any atom is -0.538 e. The summed E-state index contributed by atoms with van der Waals surface area (Å²) in [5.41, 5.74) is 0.00852. The van der Waals surface area contributed by atoms with Crippen LogP contribution in [0.3, 0.4) is 0 Å². The molecule has 0 amide bonds. The quantitative estimate of drug-likeness (QED) is 0.456. The summed E-state index contributed by atoms with van der Waals surface area (Å²) in [6.45, 7) is 10.4. The zero-order valence-corrected chi connectivity index (χ0v) is 13.9. The van der Waals surface area contributed by atoms with Crippen molar-refractivity contribution in [2.45, 2.75) is 38.9 Å². The van der Waals surface area contributed by atoms with E-state index in [4.69, 9.17) is 4.43 Å². The Morgan fingerprint density at radius 1 is 1.33 bits per heavy atom. The molecule has 0 aliphatic heterocycles. The topological polar surface area (TPSA) is 52.4 Å². The maximum atomic E-state index is 11.0. The molecule has 0 unspecified atom stereocenters. The normalized spacial score (nSPS) is 12.3. The Balaban J connectivity index is 3.23. The van der Waals surface area contributed by atoms with Crippen LogP contribution < -0.4 is 4.43 Å². The summed E-state index contributed by atoms with van der Waals surface area (Å²) < 4.78 is 6.67. The number of hydrogen-bond acceptors (Lipinski definition) is 3. The molecular formula is C12H18BrNO3Si. The smallest absolute Gasteiger partial charge is 0.310 e. The number of rotatable bonds is 3. The Hall–Kier alpha value is -0.883. The Morgan fingerprint density at radius 2 is 1.89 bits per heavy atom. The number of nitro benzene ring substituents is 1. The summed E-state index contributed by atoms with van der Waals surface area (Å²) in [5, 5.41) is 11.0. The summed E-state index contributed by atoms with van der Waals surface area (Å²) in [6.07, 6.45) is 0. The fraction of sp³-hybridized carbons (Fsp3) is 0.500. The van der Waals surface area contributed by atoms with Crippen LogP contribution in [0.15, 0.2) is 22.7 Å². The van der Waals surface area contributed by atoms with Crippen molar-refractivity contribution in [2.24, 2.45) is 0 Å². The van der Waals surface area contributed by atoms with Crippen molar-refractivity contribution in [1.29, 1.82) is 0 Å². The van der Waals surface area contributed by atoms with Gasteiger partial charge in [-0.05, 0) is 40.1 Å². The van der Waals surface area contributed by atoms with Crippen molar-refractivity contribution >= 4 is 29.9 Å². The lowest BCUT2D eigenvalue weighted by Crippen LogP contribution is -2.44. The van der Waals surface area contributed by atoms with E-state index in [-0.39, 0.29) is 10.7 Å². The van der Waals surface area contributed by atoms with E-state index in [0.29, 0.717) is 10.2 Å². The first-order valence-electron chi connectivity index (χ1n) is 5.68. The van der Waals surface area contributed by atoms with Crippen LogP contribution in [0.2, 0.25) is 18.1 Å². The highest BCUT2D eigenvalue weighted by atomic mass is 79.9. The highest BCUT2D eigenvalue weighted by molar-refractivity contribution is 9.10. The molecule has 0 saturated carbocycles. The molecule has 0 aliphatic carbocycles. The van der Waals surface area contributed by atoms with Gasteiger partial charge in [0, 0.05) is 6.07 Å². The lowest BCUT2D eigenvalue weighted by Gasteiger charge is -2.36. The average molecular weight is 332 g/mol. The molecule has 1 aromatic rings. The molecule has 0 aromatic heterocycles. The molecule has 4 nitrogen and oxygen atoms in total. The largest absolute Gasteiger partial charge is 0.538 e. The molecule has 18 heavy (non-hydrogen) atoms. The van der Waals surface area contributed by atoms with E-state index in [2.05, 4.69) is 49.8 Å². The third-order valence-electron chi connectivity index (χ3n) is 3.31. The SMILES string of the molecule is CC(C)(C)[Si](C)(C)Oc1c(Br)cccc1[N+](=O)[O-]. The number of nitro groups is 1. The van der Waals surface area contributed by atoms with Crippen LogP contribution in [0.5, 0.6) is 5.75 Å². The molecule has 0 heterocycles. The second kappa shape index (κ2) is 5.01. The average Bonchev–Trinajstić information content (AvgIpc) is 2.18. The molecule has 0 aliphatic rings. The van der Waals surface area contributed by atoms with Crippen LogP contribution in [-0.4, -0.2) is 13.2 Å². The lowest BCUT2D eigenvalue weighted by molar-refractivity contribution is -0.385. The van der Waals surface area contributed by atoms with Gasteiger partial charge in [0.1, 0.15) is 0 Å². The van der Waals surface area contributed by atoms with Crippen LogP contribution in [0.25, 0.3) is 0 Å². The summed E-state index contributed by atoms with van der Waals surface area (Å²) in [6, 6.07) is 4.86. The Morgan fingerprint density at radius 3 is 2.33 bits per heavy atom. The van der Waals surface area contributed by atoms with E-state index >= 15 is 0 Å². The van der Waals surface area contributed by atoms with E-state index in [1.165, 1.54) is 6.07 Å². The van der Waals surface area contributed by atoms with Crippen LogP contribution >= 0.6 is 15.9 Å². The third kappa shape index (κ3) is 3.11. The summed E-state index contributed by atoms with van der Waals surface area (Å²) in [7, 11) is -2.09. The first-order chi connectivity index (χ1) is 8.06. The third-order valence-corrected chi connectivity index (χ3v) is 8.26. The molecule has 0 saturated heterocycles. The zero-order valence-electron chi connectivity index (χ0n) is 11.3. The summed E-state index contributed by atoms with van der Waals surface area (Å²) >= 11 is 3.33. The van der Waals surface area contributed by atoms with E-state index in [0.717, 1.165) is 0 Å². The predicted molar refractivity (Wildman–Crippen MR) is 78.6 cm³/mol. The summed E-state index contributed by atoms with van der Waals surface area (Å²) in [5.74, 6) is 0.342. The van der Waals surface area contributed by atoms with Gasteiger partial charge in [0.05, 0.1) is 9.40 Å². The van der Waals surface area contributed by atoms with Gasteiger partial charge in [-0.25, -0.2) is 0 Å². The molecule has 0 bridgehead atoms. The van der Waals surface area contributed by atoms with Gasteiger partial charge < -0.3 is 4.43 Å². The number of halogens is 1. The summed E-state index contributed by atoms with van der Waals surface area (Å²) in [4.78, 5) is 10.6. The first kappa shape index (κ1) is 15.2. The second-order valence-corrected chi connectivity index (χ2v) is 11.3. The number of para-hydroxylation sites is 1. The van der Waals surface area contributed by atoms with Gasteiger partial charge in [-0.15, -0.1) is 0 Å². The molecule has 6 heteroatoms. The highest BCUT2D eigenvalue weighted by Crippen LogP contribution is 2.42. The van der Waals surface area contributed by atoms with Crippen molar-refractivity contribution in [1.82, 2.24) is 0 Å². The van der Waals surface area contributed by atoms with Gasteiger partial charge in [0.25, 0.3) is 8.32 Å². The van der Waals surface area contributed by atoms with E-state index < -0.39 is 13.2 Å². The molecule has 1 aromatic carbocycles. The van der Waals surface area contributed by atoms with Gasteiger partial charge in [-0.2, -0.15) is 0 Å². The molecule has 0 N–H and O–H groups in total. The van der Waals surface area contributed by atoms with Crippen molar-refractivity contribution in [3.05, 3.63) is 32.8 Å². The molecule has 0 spiro atoms. The van der Waals surface area contributed by atoms with Crippen LogP contribution in [-0.2, 0) is 0 Å². The molecule has 0 fully saturated rings. The maximum absolute atomic E-state index is 11.0. The number of nitrogens with zero attached hydrogens (tertiary/aromatic N) is 1. The molecule has 0 radical (unpaired) electrons. The van der Waals surface area contributed by atoms with Gasteiger partial charge in [0.2, 0.25) is 0 Å². The van der Waals surface area contributed by atoms with Gasteiger partial charge in [-0.1, -0.05) is 26.8 Å². The van der Waals surface area contributed by atoms with E-state index in [1.807, 2.05) is 0 Å². The molecular weight excluding hydrogens is 314 g/mol. The van der Waals surface area contributed by atoms with Crippen molar-refractivity contribution < 1.29 is 9.35 Å². The number of benzene rings is 1. The monoisotopic (exact) mass is 331 g/mol. The van der Waals surface area contributed by atoms with Crippen LogP contribution in [0, 0.1) is 10.1 Å². The van der Waals surface area contributed by atoms with Gasteiger partial charge >= 0.3 is 5.69 Å². The first-order valence-corrected chi connectivity index (χ1v) is 9.38. The van der Waals surface area contributed by atoms with Crippen molar-refractivity contribution in [2.75, 3.05) is 0 Å². The van der Waals surface area contributed by atoms with E-state index in [9.17, 15) is 10.1 Å². The molecule has 100 valence electrons. The van der Waals surface area contributed by atoms with Gasteiger partial charge in [0.15, 0.2) is 5.75 Å². The minimum atomic E-state index is -2.09. The van der Waals surface area contributed by atoms with Crippen LogP contribution in [0.4, 0.5) is 5.69 Å². The fourth-order valence-electron chi connectivity index (χ4n) is 1.15. The van der Waals surface area contributed by atoms with Crippen LogP contribution in [0.1, 0.15) is 20.8 Å².